The molecule has 4 nitrogen and oxygen atoms in total. The number of nitrogens with zero attached hydrogens (tertiary/aromatic N) is 1. The Hall–Kier alpha value is -0.320. The molecule has 2 aliphatic heterocycles. The average Bonchev–Trinajstić information content (AvgIpc) is 2.46. The minimum Gasteiger partial charge on any atom is -0.374 e. The van der Waals surface area contributed by atoms with Crippen LogP contribution < -0.4 is 5.32 Å². The van der Waals surface area contributed by atoms with Crippen molar-refractivity contribution in [2.45, 2.75) is 18.6 Å². The van der Waals surface area contributed by atoms with E-state index < -0.39 is 0 Å². The standard InChI is InChI=1S/C8H14N2O2.ClH/c1-10-6-4-9-5-7(6)12-3-2-8(10)11;/h6-7,9H,2-5H2,1H3;1H/t6-,7-;/m0./s1. The van der Waals surface area contributed by atoms with Crippen molar-refractivity contribution in [3.63, 3.8) is 0 Å². The zero-order valence-electron chi connectivity index (χ0n) is 7.66. The van der Waals surface area contributed by atoms with Gasteiger partial charge in [-0.25, -0.2) is 0 Å². The van der Waals surface area contributed by atoms with E-state index >= 15 is 0 Å². The molecule has 13 heavy (non-hydrogen) atoms. The topological polar surface area (TPSA) is 41.6 Å². The lowest BCUT2D eigenvalue weighted by Crippen LogP contribution is -2.42. The number of ether oxygens (including phenoxy) is 1. The number of nitrogens with one attached hydrogen (secondary N) is 1. The van der Waals surface area contributed by atoms with Gasteiger partial charge in [-0.1, -0.05) is 0 Å². The van der Waals surface area contributed by atoms with E-state index in [2.05, 4.69) is 5.32 Å². The van der Waals surface area contributed by atoms with Crippen LogP contribution in [-0.2, 0) is 9.53 Å². The molecule has 0 aromatic carbocycles. The third kappa shape index (κ3) is 1.95. The molecule has 0 aromatic heterocycles. The van der Waals surface area contributed by atoms with Crippen molar-refractivity contribution in [3.05, 3.63) is 0 Å². The summed E-state index contributed by atoms with van der Waals surface area (Å²) >= 11 is 0. The highest BCUT2D eigenvalue weighted by Crippen LogP contribution is 2.16. The summed E-state index contributed by atoms with van der Waals surface area (Å²) in [5, 5.41) is 3.22. The lowest BCUT2D eigenvalue weighted by atomic mass is 10.2. The van der Waals surface area contributed by atoms with Gasteiger partial charge in [0.25, 0.3) is 0 Å². The molecule has 2 aliphatic rings. The zero-order valence-corrected chi connectivity index (χ0v) is 8.47. The van der Waals surface area contributed by atoms with E-state index in [1.165, 1.54) is 0 Å². The second kappa shape index (κ2) is 4.26. The summed E-state index contributed by atoms with van der Waals surface area (Å²) in [5.74, 6) is 0.200. The van der Waals surface area contributed by atoms with Crippen LogP contribution in [0, 0.1) is 0 Å². The number of halogens is 1. The summed E-state index contributed by atoms with van der Waals surface area (Å²) < 4.78 is 5.54. The normalized spacial score (nSPS) is 33.6. The highest BCUT2D eigenvalue weighted by atomic mass is 35.5. The summed E-state index contributed by atoms with van der Waals surface area (Å²) in [4.78, 5) is 13.2. The van der Waals surface area contributed by atoms with E-state index in [4.69, 9.17) is 4.74 Å². The molecular formula is C8H15ClN2O2. The maximum Gasteiger partial charge on any atom is 0.225 e. The molecule has 2 atom stereocenters. The first kappa shape index (κ1) is 10.8. The fourth-order valence-electron chi connectivity index (χ4n) is 1.86. The highest BCUT2D eigenvalue weighted by molar-refractivity contribution is 5.85. The van der Waals surface area contributed by atoms with Gasteiger partial charge in [0.05, 0.1) is 25.2 Å². The monoisotopic (exact) mass is 206 g/mol. The number of fused-ring (bicyclic) bond motifs is 1. The average molecular weight is 207 g/mol. The summed E-state index contributed by atoms with van der Waals surface area (Å²) in [7, 11) is 1.86. The maximum atomic E-state index is 11.4. The molecule has 0 aliphatic carbocycles. The van der Waals surface area contributed by atoms with Gasteiger partial charge in [-0.15, -0.1) is 12.4 Å². The Bertz CT molecular complexity index is 201. The molecule has 2 rings (SSSR count). The van der Waals surface area contributed by atoms with Crippen LogP contribution in [0.25, 0.3) is 0 Å². The second-order valence-electron chi connectivity index (χ2n) is 3.39. The van der Waals surface area contributed by atoms with Crippen LogP contribution in [0.2, 0.25) is 0 Å². The predicted octanol–water partition coefficient (Wildman–Crippen LogP) is -0.373. The molecule has 76 valence electrons. The van der Waals surface area contributed by atoms with Crippen LogP contribution in [0.1, 0.15) is 6.42 Å². The quantitative estimate of drug-likeness (QED) is 0.588. The number of likely N-dealkylation sites (N-methyl/N-ethyl adjacent to an activating group) is 1. The van der Waals surface area contributed by atoms with Crippen LogP contribution in [-0.4, -0.2) is 49.7 Å². The minimum atomic E-state index is 0. The number of carbonyl (C=O) groups excluding carboxylic acids is 1. The minimum absolute atomic E-state index is 0. The first-order chi connectivity index (χ1) is 5.79. The Balaban J connectivity index is 0.000000845. The van der Waals surface area contributed by atoms with Crippen molar-refractivity contribution in [1.82, 2.24) is 10.2 Å². The SMILES string of the molecule is CN1C(=O)CCO[C@H]2CNC[C@@H]21.Cl. The number of hydrogen-bond donors (Lipinski definition) is 1. The molecule has 0 aromatic rings. The molecule has 2 fully saturated rings. The van der Waals surface area contributed by atoms with Gasteiger partial charge >= 0.3 is 0 Å². The van der Waals surface area contributed by atoms with E-state index in [-0.39, 0.29) is 30.5 Å². The first-order valence-corrected chi connectivity index (χ1v) is 4.37. The van der Waals surface area contributed by atoms with E-state index in [0.717, 1.165) is 13.1 Å². The fraction of sp³-hybridized carbons (Fsp3) is 0.875. The van der Waals surface area contributed by atoms with Gasteiger partial charge in [0, 0.05) is 20.1 Å². The van der Waals surface area contributed by atoms with Gasteiger partial charge < -0.3 is 15.0 Å². The molecule has 1 amide bonds. The highest BCUT2D eigenvalue weighted by Gasteiger charge is 2.35. The van der Waals surface area contributed by atoms with Crippen molar-refractivity contribution >= 4 is 18.3 Å². The van der Waals surface area contributed by atoms with Gasteiger partial charge in [0.15, 0.2) is 0 Å². The lowest BCUT2D eigenvalue weighted by molar-refractivity contribution is -0.130. The summed E-state index contributed by atoms with van der Waals surface area (Å²) in [6, 6.07) is 0.250. The lowest BCUT2D eigenvalue weighted by Gasteiger charge is -2.24. The Morgan fingerprint density at radius 2 is 2.31 bits per heavy atom. The fourth-order valence-corrected chi connectivity index (χ4v) is 1.86. The van der Waals surface area contributed by atoms with Gasteiger partial charge in [-0.05, 0) is 0 Å². The number of hydrogen-bond acceptors (Lipinski definition) is 3. The Morgan fingerprint density at radius 1 is 1.54 bits per heavy atom. The Labute approximate surface area is 84.0 Å². The molecule has 0 bridgehead atoms. The van der Waals surface area contributed by atoms with Gasteiger partial charge in [-0.2, -0.15) is 0 Å². The number of amides is 1. The van der Waals surface area contributed by atoms with Crippen molar-refractivity contribution in [2.75, 3.05) is 26.7 Å². The molecular weight excluding hydrogens is 192 g/mol. The van der Waals surface area contributed by atoms with Gasteiger partial charge in [0.1, 0.15) is 0 Å². The van der Waals surface area contributed by atoms with Gasteiger partial charge in [0.2, 0.25) is 5.91 Å². The molecule has 1 N–H and O–H groups in total. The van der Waals surface area contributed by atoms with Crippen LogP contribution in [0.3, 0.4) is 0 Å². The molecule has 2 saturated heterocycles. The smallest absolute Gasteiger partial charge is 0.225 e. The summed E-state index contributed by atoms with van der Waals surface area (Å²) in [6.45, 7) is 2.32. The van der Waals surface area contributed by atoms with Crippen LogP contribution in [0.4, 0.5) is 0 Å². The maximum absolute atomic E-state index is 11.4. The van der Waals surface area contributed by atoms with Gasteiger partial charge in [-0.3, -0.25) is 4.79 Å². The molecule has 2 heterocycles. The molecule has 0 saturated carbocycles. The molecule has 0 unspecified atom stereocenters. The van der Waals surface area contributed by atoms with E-state index in [0.29, 0.717) is 13.0 Å². The predicted molar refractivity (Wildman–Crippen MR) is 51.0 cm³/mol. The number of rotatable bonds is 0. The van der Waals surface area contributed by atoms with E-state index in [9.17, 15) is 4.79 Å². The largest absolute Gasteiger partial charge is 0.374 e. The van der Waals surface area contributed by atoms with Crippen molar-refractivity contribution in [1.29, 1.82) is 0 Å². The van der Waals surface area contributed by atoms with E-state index in [1.807, 2.05) is 11.9 Å². The summed E-state index contributed by atoms with van der Waals surface area (Å²) in [6.07, 6.45) is 0.741. The van der Waals surface area contributed by atoms with Crippen molar-refractivity contribution < 1.29 is 9.53 Å². The first-order valence-electron chi connectivity index (χ1n) is 4.37. The third-order valence-corrected chi connectivity index (χ3v) is 2.67. The molecule has 5 heteroatoms. The Kier molecular flexibility index (Phi) is 3.53. The van der Waals surface area contributed by atoms with Crippen LogP contribution in [0.15, 0.2) is 0 Å². The number of carbonyl (C=O) groups is 1. The van der Waals surface area contributed by atoms with Crippen LogP contribution >= 0.6 is 12.4 Å². The molecule has 0 spiro atoms. The summed E-state index contributed by atoms with van der Waals surface area (Å²) in [5.41, 5.74) is 0. The van der Waals surface area contributed by atoms with E-state index in [1.54, 1.807) is 0 Å². The Morgan fingerprint density at radius 3 is 3.08 bits per heavy atom. The zero-order chi connectivity index (χ0) is 8.55. The van der Waals surface area contributed by atoms with Crippen molar-refractivity contribution in [2.24, 2.45) is 0 Å². The third-order valence-electron chi connectivity index (χ3n) is 2.67. The van der Waals surface area contributed by atoms with Crippen molar-refractivity contribution in [3.8, 4) is 0 Å². The van der Waals surface area contributed by atoms with Crippen LogP contribution in [0.5, 0.6) is 0 Å². The molecule has 0 radical (unpaired) electrons. The second-order valence-corrected chi connectivity index (χ2v) is 3.39.